The van der Waals surface area contributed by atoms with Gasteiger partial charge < -0.3 is 9.30 Å². The molecular weight excluding hydrogens is 461 g/mol. The molecule has 0 spiro atoms. The predicted molar refractivity (Wildman–Crippen MR) is 133 cm³/mol. The number of benzene rings is 2. The van der Waals surface area contributed by atoms with Gasteiger partial charge in [0, 0.05) is 23.6 Å². The van der Waals surface area contributed by atoms with Gasteiger partial charge >= 0.3 is 0 Å². The lowest BCUT2D eigenvalue weighted by Gasteiger charge is -2.12. The summed E-state index contributed by atoms with van der Waals surface area (Å²) in [6, 6.07) is 14.0. The van der Waals surface area contributed by atoms with Crippen LogP contribution in [0.15, 0.2) is 58.4 Å². The number of amidine groups is 1. The van der Waals surface area contributed by atoms with Crippen molar-refractivity contribution in [2.24, 2.45) is 4.99 Å². The van der Waals surface area contributed by atoms with Gasteiger partial charge in [-0.3, -0.25) is 9.69 Å². The largest absolute Gasteiger partial charge is 0.497 e. The Kier molecular flexibility index (Phi) is 6.63. The van der Waals surface area contributed by atoms with Gasteiger partial charge in [-0.05, 0) is 92.7 Å². The Labute approximate surface area is 201 Å². The Hall–Kier alpha value is -3.03. The summed E-state index contributed by atoms with van der Waals surface area (Å²) in [4.78, 5) is 20.0. The zero-order chi connectivity index (χ0) is 23.7. The SMILES string of the molecule is CCN1C(=O)/C(=C\c2cc(C)n(-c3ccc(F)c(Cl)c3)c2C)SC1=Nc1ccc(OC)cc1. The highest BCUT2D eigenvalue weighted by Gasteiger charge is 2.32. The van der Waals surface area contributed by atoms with Crippen LogP contribution in [0.25, 0.3) is 11.8 Å². The summed E-state index contributed by atoms with van der Waals surface area (Å²) in [6.45, 7) is 6.37. The molecule has 5 nitrogen and oxygen atoms in total. The number of likely N-dealkylation sites (N-methyl/N-ethyl adjacent to an activating group) is 1. The number of ether oxygens (including phenoxy) is 1. The molecule has 0 bridgehead atoms. The second kappa shape index (κ2) is 9.45. The summed E-state index contributed by atoms with van der Waals surface area (Å²) in [5.74, 6) is 0.214. The second-order valence-corrected chi connectivity index (χ2v) is 8.93. The third-order valence-electron chi connectivity index (χ3n) is 5.42. The van der Waals surface area contributed by atoms with Crippen molar-refractivity contribution in [3.63, 3.8) is 0 Å². The number of amides is 1. The van der Waals surface area contributed by atoms with E-state index in [0.29, 0.717) is 16.6 Å². The summed E-state index contributed by atoms with van der Waals surface area (Å²) in [5, 5.41) is 0.706. The summed E-state index contributed by atoms with van der Waals surface area (Å²) >= 11 is 7.34. The maximum atomic E-state index is 13.6. The Balaban J connectivity index is 1.68. The van der Waals surface area contributed by atoms with Crippen LogP contribution in [-0.2, 0) is 4.79 Å². The average molecular weight is 484 g/mol. The minimum atomic E-state index is -0.457. The lowest BCUT2D eigenvalue weighted by molar-refractivity contribution is -0.122. The van der Waals surface area contributed by atoms with E-state index >= 15 is 0 Å². The molecular formula is C25H23ClFN3O2S. The van der Waals surface area contributed by atoms with Crippen LogP contribution < -0.4 is 4.74 Å². The highest BCUT2D eigenvalue weighted by Crippen LogP contribution is 2.35. The number of methoxy groups -OCH3 is 1. The lowest BCUT2D eigenvalue weighted by atomic mass is 10.2. The van der Waals surface area contributed by atoms with Crippen molar-refractivity contribution < 1.29 is 13.9 Å². The molecule has 1 amide bonds. The number of halogens is 2. The van der Waals surface area contributed by atoms with Crippen LogP contribution in [0.2, 0.25) is 5.02 Å². The van der Waals surface area contributed by atoms with E-state index in [2.05, 4.69) is 4.99 Å². The molecule has 0 saturated carbocycles. The Morgan fingerprint density at radius 3 is 2.52 bits per heavy atom. The van der Waals surface area contributed by atoms with E-state index < -0.39 is 5.82 Å². The molecule has 0 unspecified atom stereocenters. The maximum Gasteiger partial charge on any atom is 0.266 e. The summed E-state index contributed by atoms with van der Waals surface area (Å²) < 4.78 is 20.8. The average Bonchev–Trinajstić information content (AvgIpc) is 3.25. The normalized spacial score (nSPS) is 16.3. The number of rotatable bonds is 5. The van der Waals surface area contributed by atoms with E-state index in [1.807, 2.05) is 61.7 Å². The van der Waals surface area contributed by atoms with Crippen molar-refractivity contribution in [2.75, 3.05) is 13.7 Å². The number of nitrogens with zero attached hydrogens (tertiary/aromatic N) is 3. The Morgan fingerprint density at radius 1 is 1.15 bits per heavy atom. The van der Waals surface area contributed by atoms with Crippen molar-refractivity contribution in [1.29, 1.82) is 0 Å². The van der Waals surface area contributed by atoms with Crippen LogP contribution in [0.1, 0.15) is 23.9 Å². The van der Waals surface area contributed by atoms with Gasteiger partial charge in [-0.2, -0.15) is 0 Å². The highest BCUT2D eigenvalue weighted by atomic mass is 35.5. The fourth-order valence-electron chi connectivity index (χ4n) is 3.73. The first-order valence-corrected chi connectivity index (χ1v) is 11.6. The number of aromatic nitrogens is 1. The van der Waals surface area contributed by atoms with Gasteiger partial charge in [-0.1, -0.05) is 11.6 Å². The molecule has 170 valence electrons. The number of hydrogen-bond donors (Lipinski definition) is 0. The van der Waals surface area contributed by atoms with Crippen LogP contribution in [0.3, 0.4) is 0 Å². The second-order valence-electron chi connectivity index (χ2n) is 7.51. The van der Waals surface area contributed by atoms with Crippen molar-refractivity contribution in [3.8, 4) is 11.4 Å². The van der Waals surface area contributed by atoms with Crippen molar-refractivity contribution in [3.05, 3.63) is 81.2 Å². The Morgan fingerprint density at radius 2 is 1.88 bits per heavy atom. The van der Waals surface area contributed by atoms with Gasteiger partial charge in [0.05, 0.1) is 22.7 Å². The van der Waals surface area contributed by atoms with Gasteiger partial charge in [0.15, 0.2) is 5.17 Å². The van der Waals surface area contributed by atoms with E-state index in [9.17, 15) is 9.18 Å². The van der Waals surface area contributed by atoms with Crippen LogP contribution in [0.5, 0.6) is 5.75 Å². The fourth-order valence-corrected chi connectivity index (χ4v) is 4.96. The topological polar surface area (TPSA) is 46.8 Å². The maximum absolute atomic E-state index is 13.6. The van der Waals surface area contributed by atoms with E-state index in [-0.39, 0.29) is 10.9 Å². The number of carbonyl (C=O) groups excluding carboxylic acids is 1. The van der Waals surface area contributed by atoms with Crippen molar-refractivity contribution in [2.45, 2.75) is 20.8 Å². The molecule has 1 aromatic heterocycles. The first kappa shape index (κ1) is 23.1. The third-order valence-corrected chi connectivity index (χ3v) is 6.72. The first-order chi connectivity index (χ1) is 15.8. The molecule has 0 radical (unpaired) electrons. The molecule has 2 heterocycles. The van der Waals surface area contributed by atoms with Gasteiger partial charge in [-0.25, -0.2) is 9.38 Å². The molecule has 8 heteroatoms. The van der Waals surface area contributed by atoms with E-state index in [1.165, 1.54) is 17.8 Å². The summed E-state index contributed by atoms with van der Waals surface area (Å²) in [6.07, 6.45) is 1.89. The van der Waals surface area contributed by atoms with Crippen LogP contribution in [0, 0.1) is 19.7 Å². The molecule has 2 aromatic carbocycles. The number of carbonyl (C=O) groups is 1. The summed E-state index contributed by atoms with van der Waals surface area (Å²) in [7, 11) is 1.62. The van der Waals surface area contributed by atoms with Gasteiger partial charge in [-0.15, -0.1) is 0 Å². The van der Waals surface area contributed by atoms with Gasteiger partial charge in [0.2, 0.25) is 0 Å². The first-order valence-electron chi connectivity index (χ1n) is 10.4. The van der Waals surface area contributed by atoms with Gasteiger partial charge in [0.25, 0.3) is 5.91 Å². The van der Waals surface area contributed by atoms with Crippen LogP contribution >= 0.6 is 23.4 Å². The monoisotopic (exact) mass is 483 g/mol. The number of aryl methyl sites for hydroxylation is 1. The van der Waals surface area contributed by atoms with Crippen molar-refractivity contribution >= 4 is 46.2 Å². The highest BCUT2D eigenvalue weighted by molar-refractivity contribution is 8.18. The fraction of sp³-hybridized carbons (Fsp3) is 0.200. The molecule has 4 rings (SSSR count). The molecule has 0 N–H and O–H groups in total. The predicted octanol–water partition coefficient (Wildman–Crippen LogP) is 6.52. The minimum Gasteiger partial charge on any atom is -0.497 e. The smallest absolute Gasteiger partial charge is 0.266 e. The Bertz CT molecular complexity index is 1280. The molecule has 0 aliphatic carbocycles. The molecule has 0 atom stereocenters. The lowest BCUT2D eigenvalue weighted by Crippen LogP contribution is -2.28. The molecule has 1 saturated heterocycles. The number of hydrogen-bond acceptors (Lipinski definition) is 4. The zero-order valence-electron chi connectivity index (χ0n) is 18.7. The van der Waals surface area contributed by atoms with E-state index in [0.717, 1.165) is 34.1 Å². The molecule has 33 heavy (non-hydrogen) atoms. The number of thioether (sulfide) groups is 1. The third kappa shape index (κ3) is 4.56. The van der Waals surface area contributed by atoms with E-state index in [1.54, 1.807) is 24.1 Å². The molecule has 3 aromatic rings. The quantitative estimate of drug-likeness (QED) is 0.388. The van der Waals surface area contributed by atoms with Gasteiger partial charge in [0.1, 0.15) is 11.6 Å². The molecule has 1 aliphatic rings. The van der Waals surface area contributed by atoms with E-state index in [4.69, 9.17) is 16.3 Å². The molecule has 1 aliphatic heterocycles. The number of aliphatic imine (C=N–C) groups is 1. The summed E-state index contributed by atoms with van der Waals surface area (Å²) in [5.41, 5.74) is 4.31. The van der Waals surface area contributed by atoms with Crippen molar-refractivity contribution in [1.82, 2.24) is 9.47 Å². The standard InChI is InChI=1S/C25H23ClFN3O2S/c1-5-29-24(31)23(33-25(29)28-18-6-9-20(32-4)10-7-18)13-17-12-15(2)30(16(17)3)19-8-11-22(27)21(26)14-19/h6-14H,5H2,1-4H3/b23-13+,28-25?. The molecule has 1 fully saturated rings. The zero-order valence-corrected chi connectivity index (χ0v) is 20.3. The van der Waals surface area contributed by atoms with Crippen LogP contribution in [-0.4, -0.2) is 34.2 Å². The van der Waals surface area contributed by atoms with Crippen LogP contribution in [0.4, 0.5) is 10.1 Å². The minimum absolute atomic E-state index is 0.0689.